The third-order valence-electron chi connectivity index (χ3n) is 2.61. The normalized spacial score (nSPS) is 21.3. The van der Waals surface area contributed by atoms with Crippen LogP contribution in [0.25, 0.3) is 0 Å². The van der Waals surface area contributed by atoms with E-state index in [9.17, 15) is 4.79 Å². The van der Waals surface area contributed by atoms with Crippen LogP contribution >= 0.6 is 23.4 Å². The molecule has 0 aliphatic carbocycles. The maximum Gasteiger partial charge on any atom is 0.235 e. The van der Waals surface area contributed by atoms with Gasteiger partial charge in [0.25, 0.3) is 0 Å². The number of carbonyl (C=O) groups excluding carboxylic acids is 1. The average molecular weight is 250 g/mol. The number of thioether (sulfide) groups is 1. The zero-order valence-electron chi connectivity index (χ0n) is 9.38. The lowest BCUT2D eigenvalue weighted by Gasteiger charge is -2.28. The lowest BCUT2D eigenvalue weighted by Crippen LogP contribution is -2.40. The monoisotopic (exact) mass is 249 g/mol. The number of rotatable bonds is 5. The van der Waals surface area contributed by atoms with Gasteiger partial charge in [0.05, 0.1) is 5.25 Å². The van der Waals surface area contributed by atoms with Crippen molar-refractivity contribution in [3.63, 3.8) is 0 Å². The highest BCUT2D eigenvalue weighted by Crippen LogP contribution is 2.26. The second-order valence-electron chi connectivity index (χ2n) is 3.87. The van der Waals surface area contributed by atoms with Crippen LogP contribution in [0.5, 0.6) is 0 Å². The molecule has 88 valence electrons. The summed E-state index contributed by atoms with van der Waals surface area (Å²) in [5.41, 5.74) is 0. The minimum absolute atomic E-state index is 0.202. The van der Waals surface area contributed by atoms with Crippen molar-refractivity contribution in [2.24, 2.45) is 0 Å². The van der Waals surface area contributed by atoms with Gasteiger partial charge in [-0.05, 0) is 25.0 Å². The van der Waals surface area contributed by atoms with E-state index < -0.39 is 0 Å². The van der Waals surface area contributed by atoms with Crippen LogP contribution in [0.15, 0.2) is 0 Å². The Balaban J connectivity index is 2.45. The van der Waals surface area contributed by atoms with Crippen LogP contribution in [0.1, 0.15) is 32.6 Å². The molecule has 1 aliphatic rings. The predicted octanol–water partition coefficient (Wildman–Crippen LogP) is 2.75. The number of carbonyl (C=O) groups is 1. The Kier molecular flexibility index (Phi) is 6.50. The van der Waals surface area contributed by atoms with E-state index in [4.69, 9.17) is 11.6 Å². The molecule has 1 heterocycles. The summed E-state index contributed by atoms with van der Waals surface area (Å²) in [5, 5.41) is 0.202. The topological polar surface area (TPSA) is 20.3 Å². The maximum atomic E-state index is 12.1. The number of hydrogen-bond acceptors (Lipinski definition) is 2. The third-order valence-corrected chi connectivity index (χ3v) is 4.15. The highest BCUT2D eigenvalue weighted by molar-refractivity contribution is 8.00. The Morgan fingerprint density at radius 3 is 2.80 bits per heavy atom. The van der Waals surface area contributed by atoms with E-state index in [0.29, 0.717) is 18.3 Å². The van der Waals surface area contributed by atoms with Gasteiger partial charge in [0, 0.05) is 19.0 Å². The fraction of sp³-hybridized carbons (Fsp3) is 0.909. The molecule has 0 aromatic heterocycles. The van der Waals surface area contributed by atoms with E-state index in [1.165, 1.54) is 12.8 Å². The number of nitrogens with zero attached hydrogens (tertiary/aromatic N) is 1. The van der Waals surface area contributed by atoms with Crippen molar-refractivity contribution in [1.29, 1.82) is 0 Å². The van der Waals surface area contributed by atoms with Gasteiger partial charge in [0.2, 0.25) is 5.91 Å². The molecule has 1 amide bonds. The Bertz CT molecular complexity index is 189. The smallest absolute Gasteiger partial charge is 0.235 e. The van der Waals surface area contributed by atoms with Gasteiger partial charge < -0.3 is 4.90 Å². The summed E-state index contributed by atoms with van der Waals surface area (Å²) in [7, 11) is 0. The maximum absolute atomic E-state index is 12.1. The molecule has 1 unspecified atom stereocenters. The van der Waals surface area contributed by atoms with Gasteiger partial charge in [-0.2, -0.15) is 0 Å². The van der Waals surface area contributed by atoms with E-state index in [2.05, 4.69) is 6.92 Å². The molecule has 2 nitrogen and oxygen atoms in total. The first-order valence-electron chi connectivity index (χ1n) is 5.76. The largest absolute Gasteiger partial charge is 0.341 e. The van der Waals surface area contributed by atoms with E-state index in [1.54, 1.807) is 0 Å². The fourth-order valence-corrected chi connectivity index (χ4v) is 3.33. The van der Waals surface area contributed by atoms with Crippen molar-refractivity contribution >= 4 is 29.3 Å². The summed E-state index contributed by atoms with van der Waals surface area (Å²) in [5.74, 6) is 1.99. The van der Waals surface area contributed by atoms with Crippen molar-refractivity contribution in [3.8, 4) is 0 Å². The average Bonchev–Trinajstić information content (AvgIpc) is 2.29. The summed E-state index contributed by atoms with van der Waals surface area (Å²) >= 11 is 7.53. The summed E-state index contributed by atoms with van der Waals surface area (Å²) < 4.78 is 0. The van der Waals surface area contributed by atoms with Crippen LogP contribution < -0.4 is 0 Å². The quantitative estimate of drug-likeness (QED) is 0.699. The molecule has 0 spiro atoms. The molecule has 15 heavy (non-hydrogen) atoms. The van der Waals surface area contributed by atoms with Crippen LogP contribution in [-0.4, -0.2) is 40.8 Å². The van der Waals surface area contributed by atoms with Crippen molar-refractivity contribution in [1.82, 2.24) is 4.90 Å². The Morgan fingerprint density at radius 2 is 2.27 bits per heavy atom. The molecule has 4 heteroatoms. The summed E-state index contributed by atoms with van der Waals surface area (Å²) in [6, 6.07) is 0. The van der Waals surface area contributed by atoms with E-state index in [-0.39, 0.29) is 5.25 Å². The molecule has 0 N–H and O–H groups in total. The van der Waals surface area contributed by atoms with Gasteiger partial charge in [-0.25, -0.2) is 0 Å². The van der Waals surface area contributed by atoms with Crippen LogP contribution in [0.2, 0.25) is 0 Å². The zero-order chi connectivity index (χ0) is 11.1. The van der Waals surface area contributed by atoms with Crippen LogP contribution in [0.3, 0.4) is 0 Å². The zero-order valence-corrected chi connectivity index (χ0v) is 10.9. The second kappa shape index (κ2) is 7.39. The molecule has 0 aromatic rings. The van der Waals surface area contributed by atoms with Crippen molar-refractivity contribution in [2.75, 3.05) is 24.7 Å². The van der Waals surface area contributed by atoms with Crippen LogP contribution in [0.4, 0.5) is 0 Å². The fourth-order valence-electron chi connectivity index (χ4n) is 1.84. The first-order chi connectivity index (χ1) is 7.29. The summed E-state index contributed by atoms with van der Waals surface area (Å²) in [6.45, 7) is 3.65. The molecule has 1 aliphatic heterocycles. The summed E-state index contributed by atoms with van der Waals surface area (Å²) in [6.07, 6.45) is 4.52. The highest BCUT2D eigenvalue weighted by atomic mass is 35.5. The molecular formula is C11H20ClNOS. The Labute approximate surface area is 102 Å². The first kappa shape index (κ1) is 13.2. The van der Waals surface area contributed by atoms with Crippen molar-refractivity contribution in [2.45, 2.75) is 37.9 Å². The lowest BCUT2D eigenvalue weighted by molar-refractivity contribution is -0.130. The molecule has 0 aromatic carbocycles. The van der Waals surface area contributed by atoms with Gasteiger partial charge >= 0.3 is 0 Å². The number of halogens is 1. The minimum atomic E-state index is 0.202. The SMILES string of the molecule is CCCN(CCCl)C(=O)C1CCCCS1. The van der Waals surface area contributed by atoms with E-state index in [1.807, 2.05) is 16.7 Å². The molecule has 1 saturated heterocycles. The Morgan fingerprint density at radius 1 is 1.47 bits per heavy atom. The molecule has 1 fully saturated rings. The number of alkyl halides is 1. The standard InChI is InChI=1S/C11H20ClNOS/c1-2-7-13(8-6-12)11(14)10-5-3-4-9-15-10/h10H,2-9H2,1H3. The highest BCUT2D eigenvalue weighted by Gasteiger charge is 2.25. The minimum Gasteiger partial charge on any atom is -0.341 e. The molecule has 0 bridgehead atoms. The van der Waals surface area contributed by atoms with Gasteiger partial charge in [-0.3, -0.25) is 4.79 Å². The van der Waals surface area contributed by atoms with Gasteiger partial charge in [0.15, 0.2) is 0 Å². The van der Waals surface area contributed by atoms with Crippen LogP contribution in [-0.2, 0) is 4.79 Å². The van der Waals surface area contributed by atoms with Gasteiger partial charge in [0.1, 0.15) is 0 Å². The van der Waals surface area contributed by atoms with Crippen molar-refractivity contribution < 1.29 is 4.79 Å². The van der Waals surface area contributed by atoms with E-state index >= 15 is 0 Å². The Hall–Kier alpha value is 0.110. The number of hydrogen-bond donors (Lipinski definition) is 0. The lowest BCUT2D eigenvalue weighted by atomic mass is 10.1. The van der Waals surface area contributed by atoms with Crippen molar-refractivity contribution in [3.05, 3.63) is 0 Å². The van der Waals surface area contributed by atoms with Gasteiger partial charge in [-0.1, -0.05) is 13.3 Å². The molecule has 1 rings (SSSR count). The molecule has 0 radical (unpaired) electrons. The van der Waals surface area contributed by atoms with Crippen LogP contribution in [0, 0.1) is 0 Å². The van der Waals surface area contributed by atoms with Gasteiger partial charge in [-0.15, -0.1) is 23.4 Å². The first-order valence-corrected chi connectivity index (χ1v) is 7.34. The summed E-state index contributed by atoms with van der Waals surface area (Å²) in [4.78, 5) is 14.1. The van der Waals surface area contributed by atoms with E-state index in [0.717, 1.165) is 25.1 Å². The third kappa shape index (κ3) is 4.23. The molecule has 0 saturated carbocycles. The molecular weight excluding hydrogens is 230 g/mol. The second-order valence-corrected chi connectivity index (χ2v) is 5.56. The number of amides is 1. The predicted molar refractivity (Wildman–Crippen MR) is 67.7 cm³/mol. The molecule has 1 atom stereocenters.